The van der Waals surface area contributed by atoms with E-state index in [1.54, 1.807) is 18.0 Å². The summed E-state index contributed by atoms with van der Waals surface area (Å²) in [6.45, 7) is 5.68. The second kappa shape index (κ2) is 9.38. The van der Waals surface area contributed by atoms with Gasteiger partial charge in [0.15, 0.2) is 0 Å². The number of nitrogens with zero attached hydrogens (tertiary/aromatic N) is 5. The lowest BCUT2D eigenvalue weighted by Gasteiger charge is -2.38. The maximum Gasteiger partial charge on any atom is 0.409 e. The highest BCUT2D eigenvalue weighted by molar-refractivity contribution is 6.05. The summed E-state index contributed by atoms with van der Waals surface area (Å²) in [5.74, 6) is -0.0530. The molecule has 1 aromatic carbocycles. The zero-order valence-electron chi connectivity index (χ0n) is 18.8. The van der Waals surface area contributed by atoms with E-state index in [0.29, 0.717) is 50.2 Å². The first kappa shape index (κ1) is 21.8. The fraction of sp³-hybridized carbons (Fsp3) is 0.417. The van der Waals surface area contributed by atoms with Crippen molar-refractivity contribution in [3.8, 4) is 0 Å². The summed E-state index contributed by atoms with van der Waals surface area (Å²) < 4.78 is 6.97. The number of carbonyl (C=O) groups is 2. The lowest BCUT2D eigenvalue weighted by atomic mass is 10.0. The van der Waals surface area contributed by atoms with Gasteiger partial charge in [-0.15, -0.1) is 0 Å². The standard InChI is InChI=1S/C24H29N5O3/c1-4-32-24(31)28-13-10-19(11-14-28)29(16-20-15-17(2)26-27(20)3)23(30)21-9-5-7-18-8-6-12-25-22(18)21/h5-9,12,15,19H,4,10-11,13-14,16H2,1-3H3. The number of rotatable bonds is 5. The number of likely N-dealkylation sites (tertiary alicyclic amines) is 1. The summed E-state index contributed by atoms with van der Waals surface area (Å²) in [6, 6.07) is 11.5. The monoisotopic (exact) mass is 435 g/mol. The Morgan fingerprint density at radius 2 is 1.94 bits per heavy atom. The van der Waals surface area contributed by atoms with E-state index in [1.165, 1.54) is 0 Å². The average molecular weight is 436 g/mol. The molecular formula is C24H29N5O3. The lowest BCUT2D eigenvalue weighted by molar-refractivity contribution is 0.0512. The van der Waals surface area contributed by atoms with Crippen LogP contribution in [0.25, 0.3) is 10.9 Å². The smallest absolute Gasteiger partial charge is 0.409 e. The van der Waals surface area contributed by atoms with E-state index >= 15 is 0 Å². The third-order valence-corrected chi connectivity index (χ3v) is 5.99. The Labute approximate surface area is 187 Å². The van der Waals surface area contributed by atoms with Gasteiger partial charge in [0.25, 0.3) is 5.91 Å². The number of fused-ring (bicyclic) bond motifs is 1. The fourth-order valence-electron chi connectivity index (χ4n) is 4.36. The minimum Gasteiger partial charge on any atom is -0.450 e. The van der Waals surface area contributed by atoms with Gasteiger partial charge in [-0.25, -0.2) is 4.79 Å². The molecule has 0 spiro atoms. The van der Waals surface area contributed by atoms with Gasteiger partial charge in [-0.3, -0.25) is 14.5 Å². The van der Waals surface area contributed by atoms with Crippen LogP contribution in [0.15, 0.2) is 42.6 Å². The molecule has 8 heteroatoms. The van der Waals surface area contributed by atoms with E-state index < -0.39 is 0 Å². The molecule has 0 aliphatic carbocycles. The number of pyridine rings is 1. The lowest BCUT2D eigenvalue weighted by Crippen LogP contribution is -2.48. The van der Waals surface area contributed by atoms with Gasteiger partial charge in [0.2, 0.25) is 0 Å². The van der Waals surface area contributed by atoms with Crippen molar-refractivity contribution in [1.29, 1.82) is 0 Å². The Kier molecular flexibility index (Phi) is 6.39. The van der Waals surface area contributed by atoms with E-state index in [0.717, 1.165) is 16.8 Å². The minimum absolute atomic E-state index is 0.00218. The van der Waals surface area contributed by atoms with Gasteiger partial charge < -0.3 is 14.5 Å². The van der Waals surface area contributed by atoms with Gasteiger partial charge in [0.1, 0.15) is 0 Å². The number of ether oxygens (including phenoxy) is 1. The molecule has 1 fully saturated rings. The van der Waals surface area contributed by atoms with Crippen molar-refractivity contribution in [2.45, 2.75) is 39.3 Å². The predicted octanol–water partition coefficient (Wildman–Crippen LogP) is 3.54. The SMILES string of the molecule is CCOC(=O)N1CCC(N(Cc2cc(C)nn2C)C(=O)c2cccc3cccnc23)CC1. The molecule has 2 amide bonds. The van der Waals surface area contributed by atoms with E-state index in [4.69, 9.17) is 4.74 Å². The summed E-state index contributed by atoms with van der Waals surface area (Å²) in [6.07, 6.45) is 2.81. The third-order valence-electron chi connectivity index (χ3n) is 5.99. The average Bonchev–Trinajstić information content (AvgIpc) is 3.13. The quantitative estimate of drug-likeness (QED) is 0.612. The Hall–Kier alpha value is -3.42. The molecule has 1 aliphatic rings. The van der Waals surface area contributed by atoms with Gasteiger partial charge in [-0.1, -0.05) is 18.2 Å². The van der Waals surface area contributed by atoms with Gasteiger partial charge >= 0.3 is 6.09 Å². The van der Waals surface area contributed by atoms with E-state index in [1.807, 2.05) is 60.0 Å². The van der Waals surface area contributed by atoms with Crippen molar-refractivity contribution in [1.82, 2.24) is 24.6 Å². The van der Waals surface area contributed by atoms with Gasteiger partial charge in [-0.2, -0.15) is 5.10 Å². The second-order valence-electron chi connectivity index (χ2n) is 8.13. The first-order chi connectivity index (χ1) is 15.5. The molecule has 3 aromatic rings. The second-order valence-corrected chi connectivity index (χ2v) is 8.13. The minimum atomic E-state index is -0.288. The molecule has 0 unspecified atom stereocenters. The number of aromatic nitrogens is 3. The van der Waals surface area contributed by atoms with Crippen molar-refractivity contribution >= 4 is 22.9 Å². The number of piperidine rings is 1. The van der Waals surface area contributed by atoms with Gasteiger partial charge in [0.05, 0.1) is 35.6 Å². The molecule has 4 rings (SSSR count). The molecule has 0 atom stereocenters. The van der Waals surface area contributed by atoms with Crippen LogP contribution in [-0.4, -0.2) is 62.3 Å². The number of benzene rings is 1. The van der Waals surface area contributed by atoms with Crippen molar-refractivity contribution in [3.05, 3.63) is 59.5 Å². The molecule has 1 aliphatic heterocycles. The van der Waals surface area contributed by atoms with Crippen LogP contribution in [0.4, 0.5) is 4.79 Å². The molecule has 168 valence electrons. The number of carbonyl (C=O) groups excluding carboxylic acids is 2. The van der Waals surface area contributed by atoms with E-state index in [9.17, 15) is 9.59 Å². The maximum atomic E-state index is 13.8. The number of hydrogen-bond donors (Lipinski definition) is 0. The molecule has 8 nitrogen and oxygen atoms in total. The summed E-state index contributed by atoms with van der Waals surface area (Å²) >= 11 is 0. The van der Waals surface area contributed by atoms with E-state index in [2.05, 4.69) is 10.1 Å². The summed E-state index contributed by atoms with van der Waals surface area (Å²) in [7, 11) is 1.90. The Balaban J connectivity index is 1.63. The number of hydrogen-bond acceptors (Lipinski definition) is 5. The Morgan fingerprint density at radius 3 is 2.62 bits per heavy atom. The van der Waals surface area contributed by atoms with Crippen LogP contribution >= 0.6 is 0 Å². The summed E-state index contributed by atoms with van der Waals surface area (Å²) in [5, 5.41) is 5.38. The van der Waals surface area contributed by atoms with Crippen molar-refractivity contribution in [2.75, 3.05) is 19.7 Å². The highest BCUT2D eigenvalue weighted by atomic mass is 16.6. The molecule has 0 N–H and O–H groups in total. The topological polar surface area (TPSA) is 80.6 Å². The highest BCUT2D eigenvalue weighted by Crippen LogP contribution is 2.25. The van der Waals surface area contributed by atoms with Crippen molar-refractivity contribution in [3.63, 3.8) is 0 Å². The predicted molar refractivity (Wildman–Crippen MR) is 121 cm³/mol. The van der Waals surface area contributed by atoms with Crippen LogP contribution < -0.4 is 0 Å². The first-order valence-electron chi connectivity index (χ1n) is 11.0. The van der Waals surface area contributed by atoms with Crippen molar-refractivity contribution in [2.24, 2.45) is 7.05 Å². The van der Waals surface area contributed by atoms with Crippen LogP contribution in [0.1, 0.15) is 41.5 Å². The zero-order chi connectivity index (χ0) is 22.7. The maximum absolute atomic E-state index is 13.8. The van der Waals surface area contributed by atoms with E-state index in [-0.39, 0.29) is 18.0 Å². The first-order valence-corrected chi connectivity index (χ1v) is 11.0. The molecule has 32 heavy (non-hydrogen) atoms. The van der Waals surface area contributed by atoms with Crippen LogP contribution in [0, 0.1) is 6.92 Å². The molecule has 2 aromatic heterocycles. The molecule has 1 saturated heterocycles. The Bertz CT molecular complexity index is 1110. The molecule has 3 heterocycles. The fourth-order valence-corrected chi connectivity index (χ4v) is 4.36. The highest BCUT2D eigenvalue weighted by Gasteiger charge is 2.32. The summed E-state index contributed by atoms with van der Waals surface area (Å²) in [5.41, 5.74) is 3.18. The number of aryl methyl sites for hydroxylation is 2. The third kappa shape index (κ3) is 4.44. The largest absolute Gasteiger partial charge is 0.450 e. The normalized spacial score (nSPS) is 14.5. The van der Waals surface area contributed by atoms with Crippen LogP contribution in [0.5, 0.6) is 0 Å². The van der Waals surface area contributed by atoms with Gasteiger partial charge in [0, 0.05) is 37.8 Å². The van der Waals surface area contributed by atoms with Gasteiger partial charge in [-0.05, 0) is 44.9 Å². The molecular weight excluding hydrogens is 406 g/mol. The van der Waals surface area contributed by atoms with Crippen LogP contribution in [0.2, 0.25) is 0 Å². The number of para-hydroxylation sites is 1. The molecule has 0 radical (unpaired) electrons. The van der Waals surface area contributed by atoms with Crippen LogP contribution in [-0.2, 0) is 18.3 Å². The molecule has 0 saturated carbocycles. The summed E-state index contributed by atoms with van der Waals surface area (Å²) in [4.78, 5) is 34.1. The number of amides is 2. The van der Waals surface area contributed by atoms with Crippen LogP contribution in [0.3, 0.4) is 0 Å². The molecule has 0 bridgehead atoms. The zero-order valence-corrected chi connectivity index (χ0v) is 18.8. The van der Waals surface area contributed by atoms with Crippen molar-refractivity contribution < 1.29 is 14.3 Å². The Morgan fingerprint density at radius 1 is 1.19 bits per heavy atom.